The first-order valence-electron chi connectivity index (χ1n) is 7.63. The Morgan fingerprint density at radius 3 is 2.36 bits per heavy atom. The van der Waals surface area contributed by atoms with E-state index in [0.29, 0.717) is 5.92 Å². The zero-order chi connectivity index (χ0) is 15.9. The van der Waals surface area contributed by atoms with Crippen molar-refractivity contribution >= 4 is 5.91 Å². The van der Waals surface area contributed by atoms with Crippen LogP contribution >= 0.6 is 0 Å². The average Bonchev–Trinajstić information content (AvgIpc) is 2.54. The molecule has 0 bridgehead atoms. The molecule has 0 spiro atoms. The van der Waals surface area contributed by atoms with Crippen LogP contribution < -0.4 is 10.1 Å². The van der Waals surface area contributed by atoms with Gasteiger partial charge in [-0.25, -0.2) is 0 Å². The summed E-state index contributed by atoms with van der Waals surface area (Å²) in [6, 6.07) is 17.7. The van der Waals surface area contributed by atoms with Gasteiger partial charge in [0.1, 0.15) is 5.75 Å². The number of carbonyl (C=O) groups is 1. The summed E-state index contributed by atoms with van der Waals surface area (Å²) in [4.78, 5) is 12.0. The quantitative estimate of drug-likeness (QED) is 0.873. The third-order valence-corrected chi connectivity index (χ3v) is 3.57. The van der Waals surface area contributed by atoms with Crippen LogP contribution in [0.2, 0.25) is 0 Å². The Morgan fingerprint density at radius 2 is 1.68 bits per heavy atom. The van der Waals surface area contributed by atoms with Crippen LogP contribution in [-0.4, -0.2) is 12.5 Å². The molecule has 0 radical (unpaired) electrons. The number of hydrogen-bond donors (Lipinski definition) is 1. The molecule has 3 heteroatoms. The van der Waals surface area contributed by atoms with Gasteiger partial charge in [-0.05, 0) is 36.1 Å². The van der Waals surface area contributed by atoms with E-state index in [9.17, 15) is 4.79 Å². The second kappa shape index (κ2) is 7.64. The number of nitrogens with one attached hydrogen (secondary N) is 1. The van der Waals surface area contributed by atoms with Crippen LogP contribution in [0.5, 0.6) is 5.75 Å². The zero-order valence-electron chi connectivity index (χ0n) is 13.4. The predicted molar refractivity (Wildman–Crippen MR) is 89.0 cm³/mol. The summed E-state index contributed by atoms with van der Waals surface area (Å²) in [7, 11) is 0. The number of benzene rings is 2. The average molecular weight is 297 g/mol. The van der Waals surface area contributed by atoms with Crippen molar-refractivity contribution in [2.45, 2.75) is 32.7 Å². The molecule has 0 aliphatic carbocycles. The highest BCUT2D eigenvalue weighted by Gasteiger charge is 2.10. The van der Waals surface area contributed by atoms with Crippen LogP contribution in [0.15, 0.2) is 54.6 Å². The summed E-state index contributed by atoms with van der Waals surface area (Å²) in [5, 5.41) is 2.94. The topological polar surface area (TPSA) is 38.3 Å². The maximum Gasteiger partial charge on any atom is 0.258 e. The first kappa shape index (κ1) is 16.1. The Kier molecular flexibility index (Phi) is 5.59. The summed E-state index contributed by atoms with van der Waals surface area (Å²) >= 11 is 0. The highest BCUT2D eigenvalue weighted by atomic mass is 16.5. The molecule has 1 amide bonds. The van der Waals surface area contributed by atoms with E-state index in [1.807, 2.05) is 55.5 Å². The van der Waals surface area contributed by atoms with Crippen molar-refractivity contribution < 1.29 is 9.53 Å². The van der Waals surface area contributed by atoms with E-state index in [2.05, 4.69) is 25.2 Å². The molecule has 1 N–H and O–H groups in total. The van der Waals surface area contributed by atoms with Crippen molar-refractivity contribution in [3.05, 3.63) is 65.7 Å². The van der Waals surface area contributed by atoms with Crippen LogP contribution in [-0.2, 0) is 4.79 Å². The summed E-state index contributed by atoms with van der Waals surface area (Å²) in [6.07, 6.45) is 0. The summed E-state index contributed by atoms with van der Waals surface area (Å²) in [6.45, 7) is 6.26. The molecule has 0 saturated heterocycles. The normalized spacial score (nSPS) is 12.0. The first-order valence-corrected chi connectivity index (χ1v) is 7.63. The van der Waals surface area contributed by atoms with Crippen molar-refractivity contribution in [3.8, 4) is 5.75 Å². The molecule has 22 heavy (non-hydrogen) atoms. The Hall–Kier alpha value is -2.29. The van der Waals surface area contributed by atoms with Crippen LogP contribution in [0.1, 0.15) is 43.9 Å². The van der Waals surface area contributed by atoms with E-state index < -0.39 is 0 Å². The molecule has 0 aliphatic heterocycles. The minimum absolute atomic E-state index is 0.0265. The number of carbonyl (C=O) groups excluding carboxylic acids is 1. The molecular weight excluding hydrogens is 274 g/mol. The summed E-state index contributed by atoms with van der Waals surface area (Å²) in [5.41, 5.74) is 2.29. The fourth-order valence-corrected chi connectivity index (χ4v) is 2.22. The highest BCUT2D eigenvalue weighted by molar-refractivity contribution is 5.78. The molecule has 1 atom stereocenters. The van der Waals surface area contributed by atoms with Gasteiger partial charge in [0.2, 0.25) is 0 Å². The van der Waals surface area contributed by atoms with Gasteiger partial charge in [0.25, 0.3) is 5.91 Å². The van der Waals surface area contributed by atoms with Gasteiger partial charge in [0.05, 0.1) is 6.04 Å². The van der Waals surface area contributed by atoms with Crippen LogP contribution in [0.3, 0.4) is 0 Å². The Labute approximate surface area is 132 Å². The lowest BCUT2D eigenvalue weighted by molar-refractivity contribution is -0.123. The van der Waals surface area contributed by atoms with Gasteiger partial charge < -0.3 is 10.1 Å². The molecule has 2 rings (SSSR count). The van der Waals surface area contributed by atoms with Gasteiger partial charge in [-0.2, -0.15) is 0 Å². The molecule has 0 heterocycles. The first-order chi connectivity index (χ1) is 10.6. The lowest BCUT2D eigenvalue weighted by Crippen LogP contribution is -2.31. The molecule has 2 aromatic carbocycles. The number of rotatable bonds is 6. The van der Waals surface area contributed by atoms with Gasteiger partial charge in [0.15, 0.2) is 6.61 Å². The Morgan fingerprint density at radius 1 is 1.00 bits per heavy atom. The van der Waals surface area contributed by atoms with Crippen LogP contribution in [0.4, 0.5) is 0 Å². The number of hydrogen-bond acceptors (Lipinski definition) is 2. The monoisotopic (exact) mass is 297 g/mol. The van der Waals surface area contributed by atoms with Crippen molar-refractivity contribution in [3.63, 3.8) is 0 Å². The molecular formula is C19H23NO2. The fourth-order valence-electron chi connectivity index (χ4n) is 2.22. The molecule has 0 aliphatic rings. The number of amides is 1. The molecule has 116 valence electrons. The standard InChI is InChI=1S/C19H23NO2/c1-14(2)17-10-7-11-18(12-17)22-13-19(21)20-15(3)16-8-5-4-6-9-16/h4-12,14-15H,13H2,1-3H3,(H,20,21)/t15-/m0/s1. The Balaban J connectivity index is 1.86. The third kappa shape index (κ3) is 4.62. The van der Waals surface area contributed by atoms with Gasteiger partial charge >= 0.3 is 0 Å². The van der Waals surface area contributed by atoms with E-state index in [4.69, 9.17) is 4.74 Å². The minimum atomic E-state index is -0.119. The van der Waals surface area contributed by atoms with Gasteiger partial charge in [-0.15, -0.1) is 0 Å². The van der Waals surface area contributed by atoms with E-state index in [-0.39, 0.29) is 18.6 Å². The van der Waals surface area contributed by atoms with Gasteiger partial charge in [-0.1, -0.05) is 56.3 Å². The second-order valence-corrected chi connectivity index (χ2v) is 5.72. The third-order valence-electron chi connectivity index (χ3n) is 3.57. The van der Waals surface area contributed by atoms with E-state index in [1.165, 1.54) is 5.56 Å². The van der Waals surface area contributed by atoms with Gasteiger partial charge in [0, 0.05) is 0 Å². The molecule has 2 aromatic rings. The summed E-state index contributed by atoms with van der Waals surface area (Å²) in [5.74, 6) is 1.05. The SMILES string of the molecule is CC(C)c1cccc(OCC(=O)N[C@@H](C)c2ccccc2)c1. The van der Waals surface area contributed by atoms with Crippen molar-refractivity contribution in [2.75, 3.05) is 6.61 Å². The largest absolute Gasteiger partial charge is 0.484 e. The molecule has 0 saturated carbocycles. The second-order valence-electron chi connectivity index (χ2n) is 5.72. The van der Waals surface area contributed by atoms with Crippen LogP contribution in [0, 0.1) is 0 Å². The molecule has 0 unspecified atom stereocenters. The molecule has 0 aromatic heterocycles. The summed E-state index contributed by atoms with van der Waals surface area (Å²) < 4.78 is 5.58. The van der Waals surface area contributed by atoms with E-state index in [1.54, 1.807) is 0 Å². The smallest absolute Gasteiger partial charge is 0.258 e. The predicted octanol–water partition coefficient (Wildman–Crippen LogP) is 4.07. The lowest BCUT2D eigenvalue weighted by atomic mass is 10.0. The molecule has 3 nitrogen and oxygen atoms in total. The zero-order valence-corrected chi connectivity index (χ0v) is 13.4. The fraction of sp³-hybridized carbons (Fsp3) is 0.316. The van der Waals surface area contributed by atoms with E-state index >= 15 is 0 Å². The highest BCUT2D eigenvalue weighted by Crippen LogP contribution is 2.20. The van der Waals surface area contributed by atoms with E-state index in [0.717, 1.165) is 11.3 Å². The molecule has 0 fully saturated rings. The number of ether oxygens (including phenoxy) is 1. The maximum absolute atomic E-state index is 12.0. The minimum Gasteiger partial charge on any atom is -0.484 e. The Bertz CT molecular complexity index is 608. The van der Waals surface area contributed by atoms with Crippen molar-refractivity contribution in [2.24, 2.45) is 0 Å². The van der Waals surface area contributed by atoms with Crippen LogP contribution in [0.25, 0.3) is 0 Å². The van der Waals surface area contributed by atoms with Gasteiger partial charge in [-0.3, -0.25) is 4.79 Å². The maximum atomic E-state index is 12.0. The lowest BCUT2D eigenvalue weighted by Gasteiger charge is -2.15. The van der Waals surface area contributed by atoms with Crippen molar-refractivity contribution in [1.29, 1.82) is 0 Å². The van der Waals surface area contributed by atoms with Crippen molar-refractivity contribution in [1.82, 2.24) is 5.32 Å².